The first-order valence-corrected chi connectivity index (χ1v) is 8.84. The van der Waals surface area contributed by atoms with E-state index in [-0.39, 0.29) is 5.91 Å². The van der Waals surface area contributed by atoms with Crippen LogP contribution in [0.15, 0.2) is 29.6 Å². The summed E-state index contributed by atoms with van der Waals surface area (Å²) in [5.74, 6) is -0.0373. The molecular formula is C16H17Cl2N2OS+. The minimum atomic E-state index is -0.0373. The molecule has 0 fully saturated rings. The maximum atomic E-state index is 12.3. The number of thiophene rings is 1. The molecule has 0 saturated heterocycles. The van der Waals surface area contributed by atoms with Gasteiger partial charge >= 0.3 is 0 Å². The standard InChI is InChI=1S/C16H16Cl2N2OS/c1-10-12-5-7-22-15(12)4-6-20(10)9-16(21)19-14-8-11(17)2-3-13(14)18/h2-3,5,7-8,10H,4,6,9H2,1H3,(H,19,21)/p+1/t10-/m0/s1. The van der Waals surface area contributed by atoms with Crippen LogP contribution in [-0.2, 0) is 11.2 Å². The molecule has 3 rings (SSSR count). The minimum Gasteiger partial charge on any atom is -0.321 e. The summed E-state index contributed by atoms with van der Waals surface area (Å²) in [6.07, 6.45) is 1.04. The number of amides is 1. The summed E-state index contributed by atoms with van der Waals surface area (Å²) in [7, 11) is 0. The third-order valence-electron chi connectivity index (χ3n) is 4.12. The Kier molecular flexibility index (Phi) is 4.73. The molecular weight excluding hydrogens is 339 g/mol. The Bertz CT molecular complexity index is 701. The molecule has 1 aromatic carbocycles. The van der Waals surface area contributed by atoms with Crippen LogP contribution in [0.25, 0.3) is 0 Å². The summed E-state index contributed by atoms with van der Waals surface area (Å²) in [6, 6.07) is 7.59. The van der Waals surface area contributed by atoms with Gasteiger partial charge < -0.3 is 10.2 Å². The molecule has 22 heavy (non-hydrogen) atoms. The quantitative estimate of drug-likeness (QED) is 0.870. The van der Waals surface area contributed by atoms with Gasteiger partial charge in [0.15, 0.2) is 6.54 Å². The molecule has 0 radical (unpaired) electrons. The first-order chi connectivity index (χ1) is 10.5. The molecule has 1 aliphatic heterocycles. The molecule has 0 saturated carbocycles. The first-order valence-electron chi connectivity index (χ1n) is 7.20. The fourth-order valence-corrected chi connectivity index (χ4v) is 4.20. The van der Waals surface area contributed by atoms with Crippen molar-refractivity contribution in [2.45, 2.75) is 19.4 Å². The number of benzene rings is 1. The van der Waals surface area contributed by atoms with Crippen LogP contribution in [0.5, 0.6) is 0 Å². The van der Waals surface area contributed by atoms with E-state index < -0.39 is 0 Å². The smallest absolute Gasteiger partial charge is 0.279 e. The molecule has 1 unspecified atom stereocenters. The van der Waals surface area contributed by atoms with Crippen LogP contribution in [-0.4, -0.2) is 19.0 Å². The van der Waals surface area contributed by atoms with Crippen LogP contribution in [0.3, 0.4) is 0 Å². The van der Waals surface area contributed by atoms with Crippen LogP contribution >= 0.6 is 34.5 Å². The predicted molar refractivity (Wildman–Crippen MR) is 92.2 cm³/mol. The molecule has 0 spiro atoms. The van der Waals surface area contributed by atoms with Crippen LogP contribution < -0.4 is 10.2 Å². The molecule has 2 heterocycles. The second kappa shape index (κ2) is 6.59. The Morgan fingerprint density at radius 2 is 2.23 bits per heavy atom. The second-order valence-electron chi connectivity index (χ2n) is 5.53. The third kappa shape index (κ3) is 3.30. The van der Waals surface area contributed by atoms with Gasteiger partial charge in [-0.15, -0.1) is 11.3 Å². The molecule has 1 amide bonds. The molecule has 2 N–H and O–H groups in total. The van der Waals surface area contributed by atoms with Crippen molar-refractivity contribution < 1.29 is 9.69 Å². The number of fused-ring (bicyclic) bond motifs is 1. The van der Waals surface area contributed by atoms with Gasteiger partial charge in [0, 0.05) is 21.9 Å². The lowest BCUT2D eigenvalue weighted by molar-refractivity contribution is -0.923. The molecule has 1 aromatic heterocycles. The van der Waals surface area contributed by atoms with E-state index in [1.807, 2.05) is 11.3 Å². The summed E-state index contributed by atoms with van der Waals surface area (Å²) < 4.78 is 0. The van der Waals surface area contributed by atoms with Crippen LogP contribution in [0.2, 0.25) is 10.0 Å². The predicted octanol–water partition coefficient (Wildman–Crippen LogP) is 3.20. The topological polar surface area (TPSA) is 33.5 Å². The minimum absolute atomic E-state index is 0.0373. The largest absolute Gasteiger partial charge is 0.321 e. The monoisotopic (exact) mass is 355 g/mol. The van der Waals surface area contributed by atoms with Gasteiger partial charge in [-0.05, 0) is 36.6 Å². The number of hydrogen-bond donors (Lipinski definition) is 2. The van der Waals surface area contributed by atoms with Gasteiger partial charge in [0.05, 0.1) is 17.3 Å². The highest BCUT2D eigenvalue weighted by Crippen LogP contribution is 2.26. The van der Waals surface area contributed by atoms with Crippen molar-refractivity contribution in [1.82, 2.24) is 0 Å². The summed E-state index contributed by atoms with van der Waals surface area (Å²) in [5.41, 5.74) is 1.94. The molecule has 6 heteroatoms. The van der Waals surface area contributed by atoms with E-state index >= 15 is 0 Å². The summed E-state index contributed by atoms with van der Waals surface area (Å²) in [5, 5.41) is 6.05. The number of hydrogen-bond acceptors (Lipinski definition) is 2. The van der Waals surface area contributed by atoms with Gasteiger partial charge in [0.1, 0.15) is 6.04 Å². The lowest BCUT2D eigenvalue weighted by atomic mass is 10.0. The van der Waals surface area contributed by atoms with Gasteiger partial charge in [0.2, 0.25) is 0 Å². The Labute approximate surface area is 143 Å². The van der Waals surface area contributed by atoms with E-state index in [0.717, 1.165) is 13.0 Å². The number of rotatable bonds is 3. The maximum Gasteiger partial charge on any atom is 0.279 e. The molecule has 2 atom stereocenters. The Balaban J connectivity index is 1.66. The lowest BCUT2D eigenvalue weighted by Gasteiger charge is -2.29. The van der Waals surface area contributed by atoms with Crippen LogP contribution in [0.1, 0.15) is 23.4 Å². The molecule has 3 nitrogen and oxygen atoms in total. The molecule has 2 aromatic rings. The molecule has 1 aliphatic rings. The second-order valence-corrected chi connectivity index (χ2v) is 7.37. The summed E-state index contributed by atoms with van der Waals surface area (Å²) >= 11 is 13.8. The Morgan fingerprint density at radius 1 is 1.41 bits per heavy atom. The Morgan fingerprint density at radius 3 is 3.05 bits per heavy atom. The SMILES string of the molecule is C[C@H]1c2ccsc2CC[NH+]1CC(=O)Nc1cc(Cl)ccc1Cl. The van der Waals surface area contributed by atoms with Gasteiger partial charge in [-0.2, -0.15) is 0 Å². The zero-order valence-corrected chi connectivity index (χ0v) is 14.5. The van der Waals surface area contributed by atoms with E-state index in [2.05, 4.69) is 23.7 Å². The number of halogens is 2. The average Bonchev–Trinajstić information content (AvgIpc) is 2.95. The van der Waals surface area contributed by atoms with Crippen molar-refractivity contribution in [3.05, 3.63) is 50.1 Å². The van der Waals surface area contributed by atoms with Gasteiger partial charge in [0.25, 0.3) is 5.91 Å². The van der Waals surface area contributed by atoms with Crippen LogP contribution in [0.4, 0.5) is 5.69 Å². The van der Waals surface area contributed by atoms with Crippen LogP contribution in [0, 0.1) is 0 Å². The van der Waals surface area contributed by atoms with E-state index in [9.17, 15) is 4.79 Å². The highest BCUT2D eigenvalue weighted by Gasteiger charge is 2.29. The highest BCUT2D eigenvalue weighted by atomic mass is 35.5. The number of carbonyl (C=O) groups excluding carboxylic acids is 1. The molecule has 0 aliphatic carbocycles. The first kappa shape index (κ1) is 15.8. The van der Waals surface area contributed by atoms with Crippen molar-refractivity contribution in [3.63, 3.8) is 0 Å². The van der Waals surface area contributed by atoms with Crippen molar-refractivity contribution in [2.75, 3.05) is 18.4 Å². The van der Waals surface area contributed by atoms with Crippen molar-refractivity contribution >= 4 is 46.1 Å². The zero-order valence-electron chi connectivity index (χ0n) is 12.2. The van der Waals surface area contributed by atoms with Crippen molar-refractivity contribution in [3.8, 4) is 0 Å². The van der Waals surface area contributed by atoms with E-state index in [0.29, 0.717) is 28.3 Å². The van der Waals surface area contributed by atoms with Gasteiger partial charge in [-0.3, -0.25) is 4.79 Å². The highest BCUT2D eigenvalue weighted by molar-refractivity contribution is 7.10. The fourth-order valence-electron chi connectivity index (χ4n) is 2.89. The zero-order chi connectivity index (χ0) is 15.7. The number of carbonyl (C=O) groups is 1. The van der Waals surface area contributed by atoms with E-state index in [4.69, 9.17) is 23.2 Å². The molecule has 0 bridgehead atoms. The average molecular weight is 356 g/mol. The maximum absolute atomic E-state index is 12.3. The normalized spacial score (nSPS) is 20.5. The van der Waals surface area contributed by atoms with E-state index in [1.165, 1.54) is 15.3 Å². The number of quaternary nitrogens is 1. The Hall–Kier alpha value is -1.07. The lowest BCUT2D eigenvalue weighted by Crippen LogP contribution is -3.14. The van der Waals surface area contributed by atoms with E-state index in [1.54, 1.807) is 18.2 Å². The number of nitrogens with one attached hydrogen (secondary N) is 2. The van der Waals surface area contributed by atoms with Gasteiger partial charge in [-0.25, -0.2) is 0 Å². The van der Waals surface area contributed by atoms with Crippen molar-refractivity contribution in [1.29, 1.82) is 0 Å². The summed E-state index contributed by atoms with van der Waals surface area (Å²) in [6.45, 7) is 3.59. The molecule has 116 valence electrons. The van der Waals surface area contributed by atoms with Crippen molar-refractivity contribution in [2.24, 2.45) is 0 Å². The summed E-state index contributed by atoms with van der Waals surface area (Å²) in [4.78, 5) is 15.0. The van der Waals surface area contributed by atoms with Gasteiger partial charge in [-0.1, -0.05) is 23.2 Å². The fraction of sp³-hybridized carbons (Fsp3) is 0.312. The third-order valence-corrected chi connectivity index (χ3v) is 5.68. The number of anilines is 1.